The van der Waals surface area contributed by atoms with E-state index in [1.54, 1.807) is 0 Å². The number of carbonyl (C=O) groups is 1. The molecule has 1 aliphatic heterocycles. The molecule has 140 valence electrons. The van der Waals surface area contributed by atoms with Gasteiger partial charge in [-0.25, -0.2) is 4.68 Å². The molecule has 3 rings (SSSR count). The largest absolute Gasteiger partial charge is 0.381 e. The van der Waals surface area contributed by atoms with Crippen LogP contribution in [0.1, 0.15) is 30.3 Å². The van der Waals surface area contributed by atoms with E-state index in [1.165, 1.54) is 0 Å². The second kappa shape index (κ2) is 8.23. The number of nitrogens with zero attached hydrogens (tertiary/aromatic N) is 3. The first-order valence-electron chi connectivity index (χ1n) is 9.16. The van der Waals surface area contributed by atoms with Crippen molar-refractivity contribution in [3.05, 3.63) is 46.2 Å². The summed E-state index contributed by atoms with van der Waals surface area (Å²) in [6, 6.07) is 7.57. The molecule has 0 aliphatic carbocycles. The minimum Gasteiger partial charge on any atom is -0.381 e. The van der Waals surface area contributed by atoms with Crippen LogP contribution in [0.5, 0.6) is 0 Å². The van der Waals surface area contributed by atoms with Crippen molar-refractivity contribution in [3.8, 4) is 5.69 Å². The highest BCUT2D eigenvalue weighted by Crippen LogP contribution is 2.21. The summed E-state index contributed by atoms with van der Waals surface area (Å²) in [5, 5.41) is 5.33. The standard InChI is InChI=1S/C20H26ClN3O2/c1-4-23(12-16-9-10-26-13-16)20(25)11-19-14(2)22-24(15(19)3)18-7-5-17(21)6-8-18/h5-8,16H,4,9-13H2,1-3H3. The monoisotopic (exact) mass is 375 g/mol. The molecule has 0 radical (unpaired) electrons. The molecule has 6 heteroatoms. The number of ether oxygens (including phenoxy) is 1. The molecule has 1 fully saturated rings. The fourth-order valence-electron chi connectivity index (χ4n) is 3.47. The van der Waals surface area contributed by atoms with Gasteiger partial charge in [0.25, 0.3) is 0 Å². The van der Waals surface area contributed by atoms with Crippen molar-refractivity contribution in [2.45, 2.75) is 33.6 Å². The number of halogens is 1. The Balaban J connectivity index is 1.76. The maximum absolute atomic E-state index is 12.9. The molecule has 2 aromatic rings. The van der Waals surface area contributed by atoms with Gasteiger partial charge in [-0.3, -0.25) is 4.79 Å². The normalized spacial score (nSPS) is 16.8. The van der Waals surface area contributed by atoms with Crippen molar-refractivity contribution >= 4 is 17.5 Å². The van der Waals surface area contributed by atoms with Crippen molar-refractivity contribution < 1.29 is 9.53 Å². The summed E-state index contributed by atoms with van der Waals surface area (Å²) in [4.78, 5) is 14.8. The maximum Gasteiger partial charge on any atom is 0.227 e. The molecule has 0 saturated carbocycles. The molecule has 0 spiro atoms. The quantitative estimate of drug-likeness (QED) is 0.775. The summed E-state index contributed by atoms with van der Waals surface area (Å²) in [6.45, 7) is 9.07. The Hall–Kier alpha value is -1.85. The summed E-state index contributed by atoms with van der Waals surface area (Å²) in [6.07, 6.45) is 1.42. The van der Waals surface area contributed by atoms with Crippen molar-refractivity contribution in [2.75, 3.05) is 26.3 Å². The highest BCUT2D eigenvalue weighted by molar-refractivity contribution is 6.30. The highest BCUT2D eigenvalue weighted by atomic mass is 35.5. The smallest absolute Gasteiger partial charge is 0.227 e. The first-order chi connectivity index (χ1) is 12.5. The van der Waals surface area contributed by atoms with Crippen molar-refractivity contribution in [3.63, 3.8) is 0 Å². The molecule has 0 N–H and O–H groups in total. The van der Waals surface area contributed by atoms with Gasteiger partial charge in [0.15, 0.2) is 0 Å². The number of benzene rings is 1. The van der Waals surface area contributed by atoms with E-state index in [9.17, 15) is 4.79 Å². The molecule has 1 aromatic carbocycles. The molecule has 1 amide bonds. The Kier molecular flexibility index (Phi) is 5.99. The van der Waals surface area contributed by atoms with Crippen molar-refractivity contribution in [1.82, 2.24) is 14.7 Å². The summed E-state index contributed by atoms with van der Waals surface area (Å²) < 4.78 is 7.32. The third-order valence-electron chi connectivity index (χ3n) is 5.08. The van der Waals surface area contributed by atoms with E-state index in [0.717, 1.165) is 55.4 Å². The van der Waals surface area contributed by atoms with E-state index >= 15 is 0 Å². The molecule has 1 aromatic heterocycles. The van der Waals surface area contributed by atoms with E-state index in [2.05, 4.69) is 5.10 Å². The maximum atomic E-state index is 12.9. The Labute approximate surface area is 159 Å². The summed E-state index contributed by atoms with van der Waals surface area (Å²) in [5.74, 6) is 0.610. The SMILES string of the molecule is CCN(CC1CCOC1)C(=O)Cc1c(C)nn(-c2ccc(Cl)cc2)c1C. The topological polar surface area (TPSA) is 47.4 Å². The first-order valence-corrected chi connectivity index (χ1v) is 9.54. The number of hydrogen-bond donors (Lipinski definition) is 0. The lowest BCUT2D eigenvalue weighted by atomic mass is 10.1. The van der Waals surface area contributed by atoms with Crippen LogP contribution in [0.25, 0.3) is 5.69 Å². The Morgan fingerprint density at radius 1 is 1.35 bits per heavy atom. The first kappa shape index (κ1) is 18.9. The predicted octanol–water partition coefficient (Wildman–Crippen LogP) is 3.57. The van der Waals surface area contributed by atoms with E-state index in [4.69, 9.17) is 16.3 Å². The molecule has 0 bridgehead atoms. The van der Waals surface area contributed by atoms with Gasteiger partial charge in [0.05, 0.1) is 24.4 Å². The molecule has 1 unspecified atom stereocenters. The zero-order valence-electron chi connectivity index (χ0n) is 15.7. The zero-order valence-corrected chi connectivity index (χ0v) is 16.4. The summed E-state index contributed by atoms with van der Waals surface area (Å²) in [5.41, 5.74) is 3.85. The molecular formula is C20H26ClN3O2. The molecule has 26 heavy (non-hydrogen) atoms. The number of amides is 1. The van der Waals surface area contributed by atoms with Gasteiger partial charge in [-0.05, 0) is 51.5 Å². The molecule has 1 aliphatic rings. The molecule has 5 nitrogen and oxygen atoms in total. The van der Waals surface area contributed by atoms with E-state index in [1.807, 2.05) is 54.6 Å². The Morgan fingerprint density at radius 3 is 2.69 bits per heavy atom. The minimum atomic E-state index is 0.154. The van der Waals surface area contributed by atoms with Gasteiger partial charge >= 0.3 is 0 Å². The molecule has 1 saturated heterocycles. The second-order valence-electron chi connectivity index (χ2n) is 6.88. The van der Waals surface area contributed by atoms with Gasteiger partial charge < -0.3 is 9.64 Å². The van der Waals surface area contributed by atoms with Crippen LogP contribution in [0, 0.1) is 19.8 Å². The van der Waals surface area contributed by atoms with Crippen LogP contribution in [0.2, 0.25) is 5.02 Å². The van der Waals surface area contributed by atoms with Gasteiger partial charge in [0.1, 0.15) is 0 Å². The van der Waals surface area contributed by atoms with E-state index < -0.39 is 0 Å². The lowest BCUT2D eigenvalue weighted by Gasteiger charge is -2.24. The average molecular weight is 376 g/mol. The second-order valence-corrected chi connectivity index (χ2v) is 7.31. The number of aryl methyl sites for hydroxylation is 1. The van der Waals surface area contributed by atoms with Crippen LogP contribution >= 0.6 is 11.6 Å². The third kappa shape index (κ3) is 4.10. The predicted molar refractivity (Wildman–Crippen MR) is 103 cm³/mol. The lowest BCUT2D eigenvalue weighted by molar-refractivity contribution is -0.130. The highest BCUT2D eigenvalue weighted by Gasteiger charge is 2.23. The fourth-order valence-corrected chi connectivity index (χ4v) is 3.60. The van der Waals surface area contributed by atoms with Crippen LogP contribution in [0.3, 0.4) is 0 Å². The van der Waals surface area contributed by atoms with Crippen LogP contribution < -0.4 is 0 Å². The van der Waals surface area contributed by atoms with Crippen molar-refractivity contribution in [2.24, 2.45) is 5.92 Å². The van der Waals surface area contributed by atoms with Gasteiger partial charge in [0.2, 0.25) is 5.91 Å². The van der Waals surface area contributed by atoms with E-state index in [0.29, 0.717) is 17.4 Å². The minimum absolute atomic E-state index is 0.154. The number of likely N-dealkylation sites (N-methyl/N-ethyl adjacent to an activating group) is 1. The summed E-state index contributed by atoms with van der Waals surface area (Å²) >= 11 is 5.98. The van der Waals surface area contributed by atoms with Gasteiger partial charge in [-0.1, -0.05) is 11.6 Å². The Morgan fingerprint density at radius 2 is 2.08 bits per heavy atom. The number of rotatable bonds is 6. The van der Waals surface area contributed by atoms with Crippen LogP contribution in [-0.4, -0.2) is 46.9 Å². The average Bonchev–Trinajstić information content (AvgIpc) is 3.24. The zero-order chi connectivity index (χ0) is 18.7. The molecular weight excluding hydrogens is 350 g/mol. The van der Waals surface area contributed by atoms with Crippen LogP contribution in [0.4, 0.5) is 0 Å². The van der Waals surface area contributed by atoms with Gasteiger partial charge in [-0.15, -0.1) is 0 Å². The lowest BCUT2D eigenvalue weighted by Crippen LogP contribution is -2.36. The van der Waals surface area contributed by atoms with Crippen molar-refractivity contribution in [1.29, 1.82) is 0 Å². The Bertz CT molecular complexity index is 764. The number of carbonyl (C=O) groups excluding carboxylic acids is 1. The van der Waals surface area contributed by atoms with Gasteiger partial charge in [0, 0.05) is 41.9 Å². The number of hydrogen-bond acceptors (Lipinski definition) is 3. The number of aromatic nitrogens is 2. The summed E-state index contributed by atoms with van der Waals surface area (Å²) in [7, 11) is 0. The molecule has 1 atom stereocenters. The fraction of sp³-hybridized carbons (Fsp3) is 0.500. The van der Waals surface area contributed by atoms with Gasteiger partial charge in [-0.2, -0.15) is 5.10 Å². The van der Waals surface area contributed by atoms with Crippen LogP contribution in [0.15, 0.2) is 24.3 Å². The van der Waals surface area contributed by atoms with E-state index in [-0.39, 0.29) is 5.91 Å². The molecule has 2 heterocycles. The third-order valence-corrected chi connectivity index (χ3v) is 5.33. The van der Waals surface area contributed by atoms with Crippen LogP contribution in [-0.2, 0) is 16.0 Å².